The molecule has 0 spiro atoms. The van der Waals surface area contributed by atoms with E-state index in [4.69, 9.17) is 0 Å². The molecule has 1 aromatic carbocycles. The SMILES string of the molecule is CNC(=O)Cn1c(=O)c2c(ncn2CCC(C)C)n(Cc2ccccc2)c1=O. The van der Waals surface area contributed by atoms with Gasteiger partial charge < -0.3 is 9.88 Å². The molecule has 0 bridgehead atoms. The lowest BCUT2D eigenvalue weighted by Crippen LogP contribution is -2.44. The minimum Gasteiger partial charge on any atom is -0.358 e. The maximum atomic E-state index is 13.0. The fourth-order valence-electron chi connectivity index (χ4n) is 3.08. The maximum Gasteiger partial charge on any atom is 0.333 e. The van der Waals surface area contributed by atoms with E-state index in [0.29, 0.717) is 23.6 Å². The van der Waals surface area contributed by atoms with Crippen LogP contribution in [-0.2, 0) is 24.4 Å². The molecule has 148 valence electrons. The van der Waals surface area contributed by atoms with Gasteiger partial charge in [-0.15, -0.1) is 0 Å². The minimum absolute atomic E-state index is 0.269. The molecule has 2 aromatic heterocycles. The van der Waals surface area contributed by atoms with E-state index in [1.165, 1.54) is 11.6 Å². The van der Waals surface area contributed by atoms with Crippen molar-refractivity contribution >= 4 is 17.1 Å². The number of rotatable bonds is 7. The summed E-state index contributed by atoms with van der Waals surface area (Å²) in [6.07, 6.45) is 2.47. The number of carbonyl (C=O) groups excluding carboxylic acids is 1. The van der Waals surface area contributed by atoms with Crippen molar-refractivity contribution in [2.45, 2.75) is 39.9 Å². The van der Waals surface area contributed by atoms with Crippen molar-refractivity contribution in [1.29, 1.82) is 0 Å². The van der Waals surface area contributed by atoms with Crippen molar-refractivity contribution in [1.82, 2.24) is 24.0 Å². The Morgan fingerprint density at radius 1 is 1.14 bits per heavy atom. The predicted octanol–water partition coefficient (Wildman–Crippen LogP) is 1.20. The second-order valence-electron chi connectivity index (χ2n) is 7.21. The monoisotopic (exact) mass is 383 g/mol. The Morgan fingerprint density at radius 2 is 1.86 bits per heavy atom. The fourth-order valence-corrected chi connectivity index (χ4v) is 3.08. The van der Waals surface area contributed by atoms with Gasteiger partial charge in [0.25, 0.3) is 5.56 Å². The van der Waals surface area contributed by atoms with Crippen LogP contribution in [0, 0.1) is 5.92 Å². The number of hydrogen-bond acceptors (Lipinski definition) is 4. The van der Waals surface area contributed by atoms with Crippen LogP contribution in [-0.4, -0.2) is 31.6 Å². The van der Waals surface area contributed by atoms with Gasteiger partial charge in [-0.3, -0.25) is 14.2 Å². The van der Waals surface area contributed by atoms with E-state index in [1.807, 2.05) is 30.3 Å². The van der Waals surface area contributed by atoms with Crippen LogP contribution in [0.25, 0.3) is 11.2 Å². The van der Waals surface area contributed by atoms with E-state index in [-0.39, 0.29) is 13.1 Å². The Labute approximate surface area is 162 Å². The molecular formula is C20H25N5O3. The molecule has 28 heavy (non-hydrogen) atoms. The predicted molar refractivity (Wildman–Crippen MR) is 107 cm³/mol. The normalized spacial score (nSPS) is 11.3. The number of fused-ring (bicyclic) bond motifs is 1. The van der Waals surface area contributed by atoms with Crippen molar-refractivity contribution in [3.05, 3.63) is 63.1 Å². The number of nitrogens with zero attached hydrogens (tertiary/aromatic N) is 4. The highest BCUT2D eigenvalue weighted by Crippen LogP contribution is 2.12. The zero-order valence-corrected chi connectivity index (χ0v) is 16.4. The van der Waals surface area contributed by atoms with Crippen LogP contribution < -0.4 is 16.6 Å². The first-order valence-corrected chi connectivity index (χ1v) is 9.35. The Balaban J connectivity index is 2.20. The number of amides is 1. The molecule has 0 saturated heterocycles. The van der Waals surface area contributed by atoms with Crippen LogP contribution in [0.1, 0.15) is 25.8 Å². The van der Waals surface area contributed by atoms with Crippen molar-refractivity contribution in [3.8, 4) is 0 Å². The van der Waals surface area contributed by atoms with Gasteiger partial charge in [-0.1, -0.05) is 44.2 Å². The van der Waals surface area contributed by atoms with Crippen molar-refractivity contribution < 1.29 is 4.79 Å². The van der Waals surface area contributed by atoms with E-state index in [0.717, 1.165) is 16.6 Å². The van der Waals surface area contributed by atoms with E-state index in [2.05, 4.69) is 24.1 Å². The van der Waals surface area contributed by atoms with Gasteiger partial charge in [0.1, 0.15) is 6.54 Å². The minimum atomic E-state index is -0.543. The Morgan fingerprint density at radius 3 is 2.50 bits per heavy atom. The molecule has 1 amide bonds. The summed E-state index contributed by atoms with van der Waals surface area (Å²) in [4.78, 5) is 42.3. The van der Waals surface area contributed by atoms with Gasteiger partial charge in [0.15, 0.2) is 11.2 Å². The van der Waals surface area contributed by atoms with Gasteiger partial charge in [-0.2, -0.15) is 0 Å². The van der Waals surface area contributed by atoms with Crippen molar-refractivity contribution in [2.75, 3.05) is 7.05 Å². The number of likely N-dealkylation sites (N-methyl/N-ethyl adjacent to an activating group) is 1. The summed E-state index contributed by atoms with van der Waals surface area (Å²) in [7, 11) is 1.47. The molecule has 0 unspecified atom stereocenters. The largest absolute Gasteiger partial charge is 0.358 e. The van der Waals surface area contributed by atoms with Crippen LogP contribution in [0.5, 0.6) is 0 Å². The zero-order valence-electron chi connectivity index (χ0n) is 16.4. The first-order valence-electron chi connectivity index (χ1n) is 9.35. The number of hydrogen-bond donors (Lipinski definition) is 1. The number of benzene rings is 1. The van der Waals surface area contributed by atoms with E-state index in [9.17, 15) is 14.4 Å². The molecule has 1 N–H and O–H groups in total. The van der Waals surface area contributed by atoms with Crippen molar-refractivity contribution in [2.24, 2.45) is 5.92 Å². The topological polar surface area (TPSA) is 90.9 Å². The first kappa shape index (κ1) is 19.6. The summed E-state index contributed by atoms with van der Waals surface area (Å²) < 4.78 is 4.22. The average Bonchev–Trinajstić information content (AvgIpc) is 3.11. The zero-order chi connectivity index (χ0) is 20.3. The Bertz CT molecular complexity index is 1090. The highest BCUT2D eigenvalue weighted by molar-refractivity contribution is 5.76. The average molecular weight is 383 g/mol. The van der Waals surface area contributed by atoms with Crippen molar-refractivity contribution in [3.63, 3.8) is 0 Å². The molecule has 0 radical (unpaired) electrons. The number of carbonyl (C=O) groups is 1. The number of aromatic nitrogens is 4. The number of imidazole rings is 1. The van der Waals surface area contributed by atoms with Gasteiger partial charge in [-0.05, 0) is 17.9 Å². The smallest absolute Gasteiger partial charge is 0.333 e. The van der Waals surface area contributed by atoms with Crippen LogP contribution in [0.3, 0.4) is 0 Å². The van der Waals surface area contributed by atoms with Crippen LogP contribution in [0.4, 0.5) is 0 Å². The van der Waals surface area contributed by atoms with Gasteiger partial charge in [-0.25, -0.2) is 14.3 Å². The third kappa shape index (κ3) is 3.90. The molecule has 0 aliphatic carbocycles. The Kier molecular flexibility index (Phi) is 5.77. The molecule has 0 saturated carbocycles. The lowest BCUT2D eigenvalue weighted by Gasteiger charge is -2.13. The molecule has 2 heterocycles. The van der Waals surface area contributed by atoms with E-state index < -0.39 is 17.2 Å². The lowest BCUT2D eigenvalue weighted by atomic mass is 10.1. The van der Waals surface area contributed by atoms with Gasteiger partial charge in [0.05, 0.1) is 12.9 Å². The molecule has 0 fully saturated rings. The summed E-state index contributed by atoms with van der Waals surface area (Å²) in [5, 5.41) is 2.46. The number of nitrogens with one attached hydrogen (secondary N) is 1. The molecular weight excluding hydrogens is 358 g/mol. The molecule has 0 aliphatic rings. The summed E-state index contributed by atoms with van der Waals surface area (Å²) in [6.45, 7) is 4.77. The van der Waals surface area contributed by atoms with Crippen LogP contribution in [0.2, 0.25) is 0 Å². The van der Waals surface area contributed by atoms with Crippen LogP contribution >= 0.6 is 0 Å². The second-order valence-corrected chi connectivity index (χ2v) is 7.21. The standard InChI is InChI=1S/C20H25N5O3/c1-14(2)9-10-23-13-22-18-17(23)19(27)25(12-16(26)21-3)20(28)24(18)11-15-7-5-4-6-8-15/h4-8,13-14H,9-12H2,1-3H3,(H,21,26). The molecule has 3 aromatic rings. The van der Waals surface area contributed by atoms with E-state index >= 15 is 0 Å². The highest BCUT2D eigenvalue weighted by atomic mass is 16.2. The summed E-state index contributed by atoms with van der Waals surface area (Å²) in [6, 6.07) is 9.48. The highest BCUT2D eigenvalue weighted by Gasteiger charge is 2.19. The van der Waals surface area contributed by atoms with Gasteiger partial charge in [0.2, 0.25) is 5.91 Å². The van der Waals surface area contributed by atoms with Crippen LogP contribution in [0.15, 0.2) is 46.2 Å². The summed E-state index contributed by atoms with van der Waals surface area (Å²) in [5.74, 6) is 0.0545. The Hall–Kier alpha value is -3.16. The van der Waals surface area contributed by atoms with Gasteiger partial charge >= 0.3 is 5.69 Å². The summed E-state index contributed by atoms with van der Waals surface area (Å²) >= 11 is 0. The quantitative estimate of drug-likeness (QED) is 0.664. The van der Waals surface area contributed by atoms with E-state index in [1.54, 1.807) is 10.9 Å². The lowest BCUT2D eigenvalue weighted by molar-refractivity contribution is -0.121. The fraction of sp³-hybridized carbons (Fsp3) is 0.400. The molecule has 8 heteroatoms. The first-order chi connectivity index (χ1) is 13.4. The van der Waals surface area contributed by atoms with Gasteiger partial charge in [0, 0.05) is 13.6 Å². The molecule has 0 aliphatic heterocycles. The number of aryl methyl sites for hydroxylation is 1. The molecule has 8 nitrogen and oxygen atoms in total. The molecule has 0 atom stereocenters. The molecule has 3 rings (SSSR count). The third-order valence-electron chi connectivity index (χ3n) is 4.70. The third-order valence-corrected chi connectivity index (χ3v) is 4.70. The summed E-state index contributed by atoms with van der Waals surface area (Å²) in [5.41, 5.74) is 0.567. The second kappa shape index (κ2) is 8.24. The maximum absolute atomic E-state index is 13.0.